The van der Waals surface area contributed by atoms with Crippen molar-refractivity contribution < 1.29 is 8.78 Å². The third-order valence-corrected chi connectivity index (χ3v) is 2.29. The molecule has 0 radical (unpaired) electrons. The number of aryl methyl sites for hydroxylation is 1. The van der Waals surface area contributed by atoms with Gasteiger partial charge in [-0.25, -0.2) is 13.8 Å². The summed E-state index contributed by atoms with van der Waals surface area (Å²) in [4.78, 5) is 3.67. The Morgan fingerprint density at radius 3 is 2.71 bits per heavy atom. The van der Waals surface area contributed by atoms with Crippen molar-refractivity contribution in [2.45, 2.75) is 19.3 Å². The smallest absolute Gasteiger partial charge is 0.275 e. The molecule has 0 aliphatic carbocycles. The molecule has 78 valence electrons. The molecular formula is C9H11ClF2N2. The Balaban J connectivity index is 3.01. The maximum atomic E-state index is 13.3. The minimum atomic E-state index is -2.92. The van der Waals surface area contributed by atoms with Crippen LogP contribution in [0.25, 0.3) is 0 Å². The molecule has 0 aliphatic heterocycles. The van der Waals surface area contributed by atoms with Crippen molar-refractivity contribution in [3.05, 3.63) is 28.5 Å². The molecule has 0 fully saturated rings. The molecule has 1 rings (SSSR count). The van der Waals surface area contributed by atoms with Crippen LogP contribution in [0.15, 0.2) is 12.3 Å². The summed E-state index contributed by atoms with van der Waals surface area (Å²) in [6.45, 7) is 1.58. The van der Waals surface area contributed by atoms with E-state index in [-0.39, 0.29) is 23.7 Å². The average Bonchev–Trinajstić information content (AvgIpc) is 2.09. The van der Waals surface area contributed by atoms with E-state index >= 15 is 0 Å². The van der Waals surface area contributed by atoms with Gasteiger partial charge in [0, 0.05) is 18.2 Å². The van der Waals surface area contributed by atoms with Crippen LogP contribution in [0.2, 0.25) is 5.15 Å². The number of nitrogens with two attached hydrogens (primary N) is 1. The zero-order valence-corrected chi connectivity index (χ0v) is 8.48. The fourth-order valence-electron chi connectivity index (χ4n) is 1.08. The third kappa shape index (κ3) is 2.39. The lowest BCUT2D eigenvalue weighted by atomic mass is 10.1. The quantitative estimate of drug-likeness (QED) is 0.795. The summed E-state index contributed by atoms with van der Waals surface area (Å²) in [5.74, 6) is -2.92. The number of pyridine rings is 1. The first-order chi connectivity index (χ1) is 6.47. The highest BCUT2D eigenvalue weighted by Gasteiger charge is 2.31. The van der Waals surface area contributed by atoms with E-state index in [9.17, 15) is 8.78 Å². The van der Waals surface area contributed by atoms with E-state index in [0.29, 0.717) is 5.56 Å². The Morgan fingerprint density at radius 1 is 1.57 bits per heavy atom. The van der Waals surface area contributed by atoms with E-state index in [4.69, 9.17) is 17.3 Å². The second kappa shape index (κ2) is 4.19. The largest absolute Gasteiger partial charge is 0.330 e. The highest BCUT2D eigenvalue weighted by atomic mass is 35.5. The summed E-state index contributed by atoms with van der Waals surface area (Å²) in [5.41, 5.74) is 5.50. The monoisotopic (exact) mass is 220 g/mol. The maximum Gasteiger partial charge on any atom is 0.275 e. The molecule has 2 N–H and O–H groups in total. The summed E-state index contributed by atoms with van der Waals surface area (Å²) < 4.78 is 26.6. The van der Waals surface area contributed by atoms with Gasteiger partial charge in [0.25, 0.3) is 5.92 Å². The standard InChI is InChI=1S/C9H11ClF2N2/c1-6-4-7(5-14-8(6)10)9(11,12)2-3-13/h4-5H,2-3,13H2,1H3. The molecule has 0 spiro atoms. The van der Waals surface area contributed by atoms with E-state index in [1.54, 1.807) is 6.92 Å². The molecule has 5 heteroatoms. The lowest BCUT2D eigenvalue weighted by Crippen LogP contribution is -2.19. The van der Waals surface area contributed by atoms with Crippen molar-refractivity contribution in [3.63, 3.8) is 0 Å². The first-order valence-corrected chi connectivity index (χ1v) is 4.55. The molecule has 14 heavy (non-hydrogen) atoms. The summed E-state index contributed by atoms with van der Waals surface area (Å²) in [6.07, 6.45) is 0.709. The predicted octanol–water partition coefficient (Wildman–Crippen LogP) is 2.48. The Morgan fingerprint density at radius 2 is 2.21 bits per heavy atom. The number of alkyl halides is 2. The minimum absolute atomic E-state index is 0.0608. The van der Waals surface area contributed by atoms with Crippen LogP contribution >= 0.6 is 11.6 Å². The summed E-state index contributed by atoms with van der Waals surface area (Å²) in [5, 5.41) is 0.247. The molecular weight excluding hydrogens is 210 g/mol. The molecule has 1 heterocycles. The van der Waals surface area contributed by atoms with Crippen molar-refractivity contribution in [2.75, 3.05) is 6.54 Å². The molecule has 0 bridgehead atoms. The van der Waals surface area contributed by atoms with E-state index in [0.717, 1.165) is 6.20 Å². The maximum absolute atomic E-state index is 13.3. The average molecular weight is 221 g/mol. The van der Waals surface area contributed by atoms with E-state index in [2.05, 4.69) is 4.98 Å². The lowest BCUT2D eigenvalue weighted by Gasteiger charge is -2.15. The molecule has 2 nitrogen and oxygen atoms in total. The fourth-order valence-corrected chi connectivity index (χ4v) is 1.19. The van der Waals surface area contributed by atoms with Crippen LogP contribution in [0.5, 0.6) is 0 Å². The zero-order chi connectivity index (χ0) is 10.8. The van der Waals surface area contributed by atoms with Crippen molar-refractivity contribution in [3.8, 4) is 0 Å². The van der Waals surface area contributed by atoms with Crippen molar-refractivity contribution >= 4 is 11.6 Å². The van der Waals surface area contributed by atoms with E-state index in [1.165, 1.54) is 6.07 Å². The number of hydrogen-bond donors (Lipinski definition) is 1. The van der Waals surface area contributed by atoms with Gasteiger partial charge in [0.2, 0.25) is 0 Å². The predicted molar refractivity (Wildman–Crippen MR) is 51.5 cm³/mol. The molecule has 0 atom stereocenters. The molecule has 0 saturated carbocycles. The summed E-state index contributed by atoms with van der Waals surface area (Å²) in [6, 6.07) is 1.34. The van der Waals surface area contributed by atoms with Crippen LogP contribution in [0.1, 0.15) is 17.5 Å². The van der Waals surface area contributed by atoms with E-state index < -0.39 is 5.92 Å². The number of nitrogens with zero attached hydrogens (tertiary/aromatic N) is 1. The van der Waals surface area contributed by atoms with Crippen LogP contribution in [0.4, 0.5) is 8.78 Å². The third-order valence-electron chi connectivity index (χ3n) is 1.90. The van der Waals surface area contributed by atoms with Crippen LogP contribution in [0.3, 0.4) is 0 Å². The second-order valence-electron chi connectivity index (χ2n) is 3.07. The topological polar surface area (TPSA) is 38.9 Å². The van der Waals surface area contributed by atoms with Gasteiger partial charge >= 0.3 is 0 Å². The Labute approximate surface area is 86.1 Å². The van der Waals surface area contributed by atoms with Crippen molar-refractivity contribution in [2.24, 2.45) is 5.73 Å². The Bertz CT molecular complexity index is 329. The lowest BCUT2D eigenvalue weighted by molar-refractivity contribution is -0.0111. The normalized spacial score (nSPS) is 11.8. The van der Waals surface area contributed by atoms with Gasteiger partial charge in [-0.3, -0.25) is 0 Å². The van der Waals surface area contributed by atoms with Gasteiger partial charge in [-0.05, 0) is 25.1 Å². The van der Waals surface area contributed by atoms with Crippen LogP contribution in [-0.4, -0.2) is 11.5 Å². The van der Waals surface area contributed by atoms with Crippen molar-refractivity contribution in [1.82, 2.24) is 4.98 Å². The molecule has 1 aromatic heterocycles. The number of rotatable bonds is 3. The fraction of sp³-hybridized carbons (Fsp3) is 0.444. The van der Waals surface area contributed by atoms with Crippen LogP contribution in [0, 0.1) is 6.92 Å². The minimum Gasteiger partial charge on any atom is -0.330 e. The second-order valence-corrected chi connectivity index (χ2v) is 3.43. The molecule has 0 saturated heterocycles. The molecule has 0 aliphatic rings. The van der Waals surface area contributed by atoms with Gasteiger partial charge < -0.3 is 5.73 Å². The van der Waals surface area contributed by atoms with Gasteiger partial charge in [-0.15, -0.1) is 0 Å². The van der Waals surface area contributed by atoms with Crippen molar-refractivity contribution in [1.29, 1.82) is 0 Å². The number of aromatic nitrogens is 1. The van der Waals surface area contributed by atoms with Gasteiger partial charge in [0.05, 0.1) is 0 Å². The molecule has 0 aromatic carbocycles. The Hall–Kier alpha value is -0.740. The number of hydrogen-bond acceptors (Lipinski definition) is 2. The molecule has 0 unspecified atom stereocenters. The first kappa shape index (κ1) is 11.3. The SMILES string of the molecule is Cc1cc(C(F)(F)CCN)cnc1Cl. The van der Waals surface area contributed by atoms with Gasteiger partial charge in [-0.1, -0.05) is 11.6 Å². The Kier molecular flexibility index (Phi) is 3.39. The zero-order valence-electron chi connectivity index (χ0n) is 7.73. The molecule has 0 amide bonds. The highest BCUT2D eigenvalue weighted by Crippen LogP contribution is 2.31. The highest BCUT2D eigenvalue weighted by molar-refractivity contribution is 6.30. The number of halogens is 3. The summed E-state index contributed by atoms with van der Waals surface area (Å²) >= 11 is 5.63. The van der Waals surface area contributed by atoms with Gasteiger partial charge in [0.1, 0.15) is 5.15 Å². The summed E-state index contributed by atoms with van der Waals surface area (Å²) in [7, 11) is 0. The van der Waals surface area contributed by atoms with Crippen LogP contribution in [-0.2, 0) is 5.92 Å². The first-order valence-electron chi connectivity index (χ1n) is 4.18. The van der Waals surface area contributed by atoms with Crippen LogP contribution < -0.4 is 5.73 Å². The van der Waals surface area contributed by atoms with Gasteiger partial charge in [0.15, 0.2) is 0 Å². The molecule has 1 aromatic rings. The van der Waals surface area contributed by atoms with E-state index in [1.807, 2.05) is 0 Å². The van der Waals surface area contributed by atoms with Gasteiger partial charge in [-0.2, -0.15) is 0 Å².